The lowest BCUT2D eigenvalue weighted by molar-refractivity contribution is -0.124. The Morgan fingerprint density at radius 2 is 2.10 bits per heavy atom. The minimum Gasteiger partial charge on any atom is -0.313 e. The van der Waals surface area contributed by atoms with Crippen molar-refractivity contribution in [2.75, 3.05) is 13.6 Å². The molecule has 0 saturated heterocycles. The van der Waals surface area contributed by atoms with Gasteiger partial charge in [0.05, 0.1) is 6.54 Å². The van der Waals surface area contributed by atoms with Crippen LogP contribution < -0.4 is 5.32 Å². The summed E-state index contributed by atoms with van der Waals surface area (Å²) in [7, 11) is 1.63. The van der Waals surface area contributed by atoms with Crippen molar-refractivity contribution in [2.45, 2.75) is 20.0 Å². The monoisotopic (exact) mass is 147 g/mol. The second-order valence-electron chi connectivity index (χ2n) is 2.64. The highest BCUT2D eigenvalue weighted by Crippen LogP contribution is 2.05. The third kappa shape index (κ3) is 2.92. The fourth-order valence-electron chi connectivity index (χ4n) is 0.644. The number of carbonyl (C=O) groups is 1. The number of ketones is 1. The Balaban J connectivity index is 3.71. The molecule has 0 aromatic carbocycles. The van der Waals surface area contributed by atoms with Gasteiger partial charge in [-0.1, -0.05) is 13.8 Å². The Bertz CT molecular complexity index is 114. The predicted molar refractivity (Wildman–Crippen MR) is 38.7 cm³/mol. The van der Waals surface area contributed by atoms with Crippen LogP contribution >= 0.6 is 0 Å². The molecule has 0 heterocycles. The van der Waals surface area contributed by atoms with Gasteiger partial charge in [-0.3, -0.25) is 4.79 Å². The van der Waals surface area contributed by atoms with Crippen molar-refractivity contribution in [1.82, 2.24) is 5.32 Å². The van der Waals surface area contributed by atoms with Crippen molar-refractivity contribution in [2.24, 2.45) is 5.92 Å². The van der Waals surface area contributed by atoms with Crippen molar-refractivity contribution in [3.63, 3.8) is 0 Å². The van der Waals surface area contributed by atoms with Crippen LogP contribution in [0.1, 0.15) is 13.8 Å². The Morgan fingerprint density at radius 3 is 2.40 bits per heavy atom. The summed E-state index contributed by atoms with van der Waals surface area (Å²) in [6.45, 7) is 3.51. The molecule has 0 spiro atoms. The molecule has 0 amide bonds. The van der Waals surface area contributed by atoms with Crippen LogP contribution in [0.2, 0.25) is 0 Å². The molecule has 0 aliphatic carbocycles. The van der Waals surface area contributed by atoms with E-state index in [1.54, 1.807) is 20.9 Å². The Hall–Kier alpha value is -0.440. The zero-order chi connectivity index (χ0) is 8.15. The van der Waals surface area contributed by atoms with E-state index in [1.165, 1.54) is 0 Å². The molecule has 2 nitrogen and oxygen atoms in total. The molecule has 3 heteroatoms. The maximum absolute atomic E-state index is 12.7. The highest BCUT2D eigenvalue weighted by Gasteiger charge is 2.19. The summed E-state index contributed by atoms with van der Waals surface area (Å²) >= 11 is 0. The minimum absolute atomic E-state index is 0.124. The molecular weight excluding hydrogens is 133 g/mol. The molecule has 1 unspecified atom stereocenters. The van der Waals surface area contributed by atoms with Crippen molar-refractivity contribution in [3.05, 3.63) is 0 Å². The molecule has 0 radical (unpaired) electrons. The number of rotatable bonds is 4. The fourth-order valence-corrected chi connectivity index (χ4v) is 0.644. The summed E-state index contributed by atoms with van der Waals surface area (Å²) in [5.41, 5.74) is 0. The first-order valence-corrected chi connectivity index (χ1v) is 3.41. The van der Waals surface area contributed by atoms with Gasteiger partial charge in [0.15, 0.2) is 12.0 Å². The minimum atomic E-state index is -1.31. The number of hydrogen-bond donors (Lipinski definition) is 1. The molecular formula is C7H14FNO. The van der Waals surface area contributed by atoms with Crippen LogP contribution in [0, 0.1) is 5.92 Å². The normalized spacial score (nSPS) is 13.7. The van der Waals surface area contributed by atoms with E-state index in [0.29, 0.717) is 0 Å². The van der Waals surface area contributed by atoms with Crippen LogP contribution in [0.5, 0.6) is 0 Å². The largest absolute Gasteiger partial charge is 0.313 e. The van der Waals surface area contributed by atoms with Gasteiger partial charge >= 0.3 is 0 Å². The van der Waals surface area contributed by atoms with Crippen LogP contribution in [0.4, 0.5) is 4.39 Å². The van der Waals surface area contributed by atoms with E-state index >= 15 is 0 Å². The average Bonchev–Trinajstić information content (AvgIpc) is 1.87. The summed E-state index contributed by atoms with van der Waals surface area (Å²) in [5, 5.41) is 2.61. The maximum Gasteiger partial charge on any atom is 0.180 e. The van der Waals surface area contributed by atoms with Gasteiger partial charge in [-0.2, -0.15) is 0 Å². The van der Waals surface area contributed by atoms with E-state index in [9.17, 15) is 9.18 Å². The van der Waals surface area contributed by atoms with E-state index in [1.807, 2.05) is 0 Å². The van der Waals surface area contributed by atoms with Crippen molar-refractivity contribution >= 4 is 5.78 Å². The van der Waals surface area contributed by atoms with E-state index in [0.717, 1.165) is 0 Å². The second-order valence-corrected chi connectivity index (χ2v) is 2.64. The van der Waals surface area contributed by atoms with Crippen LogP contribution in [0.3, 0.4) is 0 Å². The number of nitrogens with one attached hydrogen (secondary N) is 1. The Labute approximate surface area is 60.8 Å². The summed E-state index contributed by atoms with van der Waals surface area (Å²) in [6, 6.07) is 0. The Kier molecular flexibility index (Phi) is 4.19. The lowest BCUT2D eigenvalue weighted by Gasteiger charge is -2.09. The number of likely N-dealkylation sites (N-methyl/N-ethyl adjacent to an activating group) is 1. The smallest absolute Gasteiger partial charge is 0.180 e. The van der Waals surface area contributed by atoms with E-state index in [-0.39, 0.29) is 18.2 Å². The SMILES string of the molecule is CNCC(=O)C(F)C(C)C. The van der Waals surface area contributed by atoms with Gasteiger partial charge in [-0.25, -0.2) is 4.39 Å². The summed E-state index contributed by atoms with van der Waals surface area (Å²) < 4.78 is 12.7. The molecule has 60 valence electrons. The molecule has 0 fully saturated rings. The van der Waals surface area contributed by atoms with Gasteiger partial charge in [0.1, 0.15) is 0 Å². The van der Waals surface area contributed by atoms with Gasteiger partial charge in [-0.05, 0) is 13.0 Å². The van der Waals surface area contributed by atoms with Gasteiger partial charge < -0.3 is 5.32 Å². The quantitative estimate of drug-likeness (QED) is 0.636. The molecule has 0 rings (SSSR count). The van der Waals surface area contributed by atoms with Gasteiger partial charge in [0.25, 0.3) is 0 Å². The van der Waals surface area contributed by atoms with Crippen LogP contribution in [-0.4, -0.2) is 25.5 Å². The van der Waals surface area contributed by atoms with Crippen LogP contribution in [-0.2, 0) is 4.79 Å². The molecule has 1 N–H and O–H groups in total. The highest BCUT2D eigenvalue weighted by molar-refractivity contribution is 5.85. The second kappa shape index (κ2) is 4.39. The maximum atomic E-state index is 12.7. The molecule has 0 aromatic heterocycles. The van der Waals surface area contributed by atoms with Crippen LogP contribution in [0.25, 0.3) is 0 Å². The third-order valence-corrected chi connectivity index (χ3v) is 1.24. The summed E-state index contributed by atoms with van der Waals surface area (Å²) in [6.07, 6.45) is -1.31. The van der Waals surface area contributed by atoms with Crippen molar-refractivity contribution in [1.29, 1.82) is 0 Å². The number of hydrogen-bond acceptors (Lipinski definition) is 2. The molecule has 0 aliphatic rings. The van der Waals surface area contributed by atoms with Crippen molar-refractivity contribution < 1.29 is 9.18 Å². The van der Waals surface area contributed by atoms with Gasteiger partial charge in [-0.15, -0.1) is 0 Å². The molecule has 0 saturated carbocycles. The van der Waals surface area contributed by atoms with E-state index in [2.05, 4.69) is 5.32 Å². The molecule has 10 heavy (non-hydrogen) atoms. The molecule has 0 aromatic rings. The van der Waals surface area contributed by atoms with E-state index < -0.39 is 6.17 Å². The van der Waals surface area contributed by atoms with E-state index in [4.69, 9.17) is 0 Å². The highest BCUT2D eigenvalue weighted by atomic mass is 19.1. The predicted octanol–water partition coefficient (Wildman–Crippen LogP) is 0.769. The lowest BCUT2D eigenvalue weighted by atomic mass is 10.1. The lowest BCUT2D eigenvalue weighted by Crippen LogP contribution is -2.30. The first-order chi connectivity index (χ1) is 4.59. The third-order valence-electron chi connectivity index (χ3n) is 1.24. The Morgan fingerprint density at radius 1 is 1.60 bits per heavy atom. The first-order valence-electron chi connectivity index (χ1n) is 3.41. The zero-order valence-electron chi connectivity index (χ0n) is 6.65. The standard InChI is InChI=1S/C7H14FNO/c1-5(2)7(8)6(10)4-9-3/h5,7,9H,4H2,1-3H3. The molecule has 0 bridgehead atoms. The van der Waals surface area contributed by atoms with Crippen LogP contribution in [0.15, 0.2) is 0 Å². The van der Waals surface area contributed by atoms with Gasteiger partial charge in [0.2, 0.25) is 0 Å². The summed E-state index contributed by atoms with van der Waals surface area (Å²) in [5.74, 6) is -0.571. The number of Topliss-reactive ketones (excluding diaryl/α,β-unsaturated/α-hetero) is 1. The first kappa shape index (κ1) is 9.56. The van der Waals surface area contributed by atoms with Crippen molar-refractivity contribution in [3.8, 4) is 0 Å². The molecule has 0 aliphatic heterocycles. The number of carbonyl (C=O) groups excluding carboxylic acids is 1. The van der Waals surface area contributed by atoms with Gasteiger partial charge in [0, 0.05) is 0 Å². The number of halogens is 1. The molecule has 1 atom stereocenters. The topological polar surface area (TPSA) is 29.1 Å². The zero-order valence-corrected chi connectivity index (χ0v) is 6.65. The fraction of sp³-hybridized carbons (Fsp3) is 0.857. The number of alkyl halides is 1. The average molecular weight is 147 g/mol. The summed E-state index contributed by atoms with van der Waals surface area (Å²) in [4.78, 5) is 10.7.